The van der Waals surface area contributed by atoms with Gasteiger partial charge < -0.3 is 105 Å². The molecular formula is C26H45NO21. The molecule has 4 saturated heterocycles. The van der Waals surface area contributed by atoms with Gasteiger partial charge in [0.2, 0.25) is 5.91 Å². The lowest BCUT2D eigenvalue weighted by Crippen LogP contribution is -2.69. The van der Waals surface area contributed by atoms with Crippen molar-refractivity contribution in [3.05, 3.63) is 0 Å². The maximum atomic E-state index is 11.8. The highest BCUT2D eigenvalue weighted by molar-refractivity contribution is 5.73. The Labute approximate surface area is 272 Å². The number of carbonyl (C=O) groups excluding carboxylic acids is 1. The predicted molar refractivity (Wildman–Crippen MR) is 145 cm³/mol. The van der Waals surface area contributed by atoms with Gasteiger partial charge in [-0.25, -0.2) is 0 Å². The third-order valence-corrected chi connectivity index (χ3v) is 8.61. The van der Waals surface area contributed by atoms with Gasteiger partial charge in [-0.15, -0.1) is 0 Å². The molecule has 280 valence electrons. The van der Waals surface area contributed by atoms with Crippen molar-refractivity contribution in [2.75, 3.05) is 26.4 Å². The minimum absolute atomic E-state index is 0.700. The van der Waals surface area contributed by atoms with Crippen LogP contribution in [0.25, 0.3) is 0 Å². The number of amides is 1. The number of nitrogens with one attached hydrogen (secondary N) is 1. The van der Waals surface area contributed by atoms with E-state index < -0.39 is 155 Å². The first-order valence-corrected chi connectivity index (χ1v) is 15.1. The number of hydrogen-bond acceptors (Lipinski definition) is 21. The second kappa shape index (κ2) is 16.8. The van der Waals surface area contributed by atoms with Crippen LogP contribution in [-0.4, -0.2) is 221 Å². The summed E-state index contributed by atoms with van der Waals surface area (Å²) in [6, 6.07) is -1.50. The third kappa shape index (κ3) is 8.08. The molecule has 0 unspecified atom stereocenters. The second-order valence-corrected chi connectivity index (χ2v) is 11.9. The van der Waals surface area contributed by atoms with Crippen LogP contribution in [-0.2, 0) is 38.0 Å². The van der Waals surface area contributed by atoms with Crippen molar-refractivity contribution in [2.24, 2.45) is 0 Å². The second-order valence-electron chi connectivity index (χ2n) is 11.9. The molecule has 1 amide bonds. The van der Waals surface area contributed by atoms with E-state index in [2.05, 4.69) is 5.32 Å². The molecule has 48 heavy (non-hydrogen) atoms. The van der Waals surface area contributed by atoms with E-state index in [9.17, 15) is 71.2 Å². The van der Waals surface area contributed by atoms with Gasteiger partial charge in [0.25, 0.3) is 0 Å². The first-order valence-electron chi connectivity index (χ1n) is 15.1. The number of rotatable bonds is 11. The van der Waals surface area contributed by atoms with Crippen molar-refractivity contribution in [3.8, 4) is 0 Å². The third-order valence-electron chi connectivity index (χ3n) is 8.61. The van der Waals surface area contributed by atoms with Gasteiger partial charge >= 0.3 is 0 Å². The first kappa shape index (κ1) is 39.5. The Kier molecular flexibility index (Phi) is 13.8. The molecule has 20 atom stereocenters. The van der Waals surface area contributed by atoms with Crippen molar-refractivity contribution >= 4 is 5.91 Å². The van der Waals surface area contributed by atoms with Crippen LogP contribution in [0.3, 0.4) is 0 Å². The summed E-state index contributed by atoms with van der Waals surface area (Å²) in [7, 11) is 0. The van der Waals surface area contributed by atoms with E-state index in [1.54, 1.807) is 0 Å². The highest BCUT2D eigenvalue weighted by Crippen LogP contribution is 2.34. The fourth-order valence-electron chi connectivity index (χ4n) is 5.94. The number of hydrogen-bond donors (Lipinski definition) is 14. The van der Waals surface area contributed by atoms with E-state index in [1.165, 1.54) is 0 Å². The first-order chi connectivity index (χ1) is 22.7. The zero-order chi connectivity index (χ0) is 35.6. The number of aliphatic hydroxyl groups is 13. The Balaban J connectivity index is 1.56. The normalized spacial score (nSPS) is 50.2. The molecule has 4 aliphatic rings. The molecule has 4 rings (SSSR count). The average molecular weight is 708 g/mol. The van der Waals surface area contributed by atoms with Gasteiger partial charge in [-0.3, -0.25) is 4.79 Å². The van der Waals surface area contributed by atoms with Crippen molar-refractivity contribution in [1.82, 2.24) is 5.32 Å². The standard InChI is InChI=1S/C26H45NO21/c1-6(32)27-11-15(36)12(33)7(2-28)43-24(11)47-21-13(34)8(3-29)45-26(18(21)39)48-22-14(35)9(4-30)44-25(19(22)40)46-20-10(5-31)42-23(41)17(38)16(20)37/h7-26,28-31,33-41H,2-5H2,1H3,(H,27,32)/t7-,8-,9-,10-,11-,12+,13+,14+,15-,16-,17-,18-,19-,20-,21+,22+,23+,24+,25+,26-/m1/s1. The fourth-order valence-corrected chi connectivity index (χ4v) is 5.94. The van der Waals surface area contributed by atoms with E-state index in [0.29, 0.717) is 0 Å². The summed E-state index contributed by atoms with van der Waals surface area (Å²) in [6.45, 7) is -2.38. The number of aliphatic hydroxyl groups excluding tert-OH is 13. The molecule has 0 radical (unpaired) electrons. The van der Waals surface area contributed by atoms with E-state index in [-0.39, 0.29) is 0 Å². The molecule has 0 saturated carbocycles. The molecule has 4 heterocycles. The molecule has 4 aliphatic heterocycles. The van der Waals surface area contributed by atoms with E-state index in [0.717, 1.165) is 6.92 Å². The highest BCUT2D eigenvalue weighted by atomic mass is 16.8. The summed E-state index contributed by atoms with van der Waals surface area (Å²) < 4.78 is 38.4. The smallest absolute Gasteiger partial charge is 0.217 e. The fraction of sp³-hybridized carbons (Fsp3) is 0.962. The summed E-state index contributed by atoms with van der Waals surface area (Å²) in [4.78, 5) is 11.8. The largest absolute Gasteiger partial charge is 0.394 e. The van der Waals surface area contributed by atoms with Gasteiger partial charge in [0, 0.05) is 6.92 Å². The molecule has 4 fully saturated rings. The lowest BCUT2D eigenvalue weighted by molar-refractivity contribution is -0.386. The van der Waals surface area contributed by atoms with Crippen molar-refractivity contribution in [3.63, 3.8) is 0 Å². The Hall–Kier alpha value is -1.33. The molecule has 14 N–H and O–H groups in total. The topological polar surface area (TPSA) is 357 Å². The summed E-state index contributed by atoms with van der Waals surface area (Å²) in [5, 5.41) is 137. The van der Waals surface area contributed by atoms with Crippen LogP contribution in [0.5, 0.6) is 0 Å². The van der Waals surface area contributed by atoms with Crippen LogP contribution >= 0.6 is 0 Å². The van der Waals surface area contributed by atoms with Crippen LogP contribution in [0, 0.1) is 0 Å². The summed E-state index contributed by atoms with van der Waals surface area (Å²) in [5.74, 6) is -0.700. The van der Waals surface area contributed by atoms with Crippen LogP contribution in [0.15, 0.2) is 0 Å². The minimum atomic E-state index is -2.06. The van der Waals surface area contributed by atoms with Crippen molar-refractivity contribution in [2.45, 2.75) is 130 Å². The van der Waals surface area contributed by atoms with Gasteiger partial charge in [0.1, 0.15) is 97.6 Å². The molecule has 0 spiro atoms. The van der Waals surface area contributed by atoms with E-state index >= 15 is 0 Å². The number of carbonyl (C=O) groups is 1. The molecule has 0 bridgehead atoms. The van der Waals surface area contributed by atoms with E-state index in [4.69, 9.17) is 33.2 Å². The average Bonchev–Trinajstić information content (AvgIpc) is 3.06. The molecule has 0 aromatic carbocycles. The summed E-state index contributed by atoms with van der Waals surface area (Å²) >= 11 is 0. The van der Waals surface area contributed by atoms with Crippen LogP contribution in [0.2, 0.25) is 0 Å². The molecule has 0 aromatic heterocycles. The molecule has 0 aromatic rings. The zero-order valence-electron chi connectivity index (χ0n) is 25.5. The van der Waals surface area contributed by atoms with Crippen LogP contribution < -0.4 is 5.32 Å². The Morgan fingerprint density at radius 3 is 1.38 bits per heavy atom. The van der Waals surface area contributed by atoms with Gasteiger partial charge in [0.15, 0.2) is 25.2 Å². The molecular weight excluding hydrogens is 662 g/mol. The predicted octanol–water partition coefficient (Wildman–Crippen LogP) is -9.61. The van der Waals surface area contributed by atoms with Gasteiger partial charge in [0.05, 0.1) is 26.4 Å². The maximum Gasteiger partial charge on any atom is 0.217 e. The SMILES string of the molecule is CC(=O)N[C@H]1[C@H](O[C@H]2[C@@H](O)[C@@H](CO)O[C@H](O[C@H]3[C@@H](O)[C@@H](CO)O[C@@H](O[C@H]4[C@H](O)[C@@H](O)[C@@H](O)O[C@@H]4CO)[C@@H]3O)[C@@H]2O)O[C@H](CO)[C@H](O)[C@@H]1O. The molecule has 22 nitrogen and oxygen atoms in total. The lowest BCUT2D eigenvalue weighted by Gasteiger charge is -2.49. The zero-order valence-corrected chi connectivity index (χ0v) is 25.5. The van der Waals surface area contributed by atoms with Crippen LogP contribution in [0.4, 0.5) is 0 Å². The van der Waals surface area contributed by atoms with E-state index in [1.807, 2.05) is 0 Å². The Morgan fingerprint density at radius 1 is 0.500 bits per heavy atom. The van der Waals surface area contributed by atoms with Crippen molar-refractivity contribution < 1.29 is 104 Å². The Bertz CT molecular complexity index is 1030. The monoisotopic (exact) mass is 707 g/mol. The maximum absolute atomic E-state index is 11.8. The lowest BCUT2D eigenvalue weighted by atomic mass is 9.95. The quantitative estimate of drug-likeness (QED) is 0.0947. The Morgan fingerprint density at radius 2 is 0.917 bits per heavy atom. The highest BCUT2D eigenvalue weighted by Gasteiger charge is 2.55. The summed E-state index contributed by atoms with van der Waals surface area (Å²) in [5.41, 5.74) is 0. The van der Waals surface area contributed by atoms with Crippen molar-refractivity contribution in [1.29, 1.82) is 0 Å². The van der Waals surface area contributed by atoms with Gasteiger partial charge in [-0.2, -0.15) is 0 Å². The molecule has 0 aliphatic carbocycles. The van der Waals surface area contributed by atoms with Crippen LogP contribution in [0.1, 0.15) is 6.92 Å². The molecule has 22 heteroatoms. The summed E-state index contributed by atoms with van der Waals surface area (Å²) in [6.07, 6.45) is -33.9. The van der Waals surface area contributed by atoms with Gasteiger partial charge in [-0.05, 0) is 0 Å². The minimum Gasteiger partial charge on any atom is -0.394 e. The van der Waals surface area contributed by atoms with Gasteiger partial charge in [-0.1, -0.05) is 0 Å². The number of ether oxygens (including phenoxy) is 7.